The molecule has 1 atom stereocenters. The first-order valence-electron chi connectivity index (χ1n) is 11.3. The van der Waals surface area contributed by atoms with Gasteiger partial charge in [-0.3, -0.25) is 4.79 Å². The van der Waals surface area contributed by atoms with Gasteiger partial charge in [-0.1, -0.05) is 54.1 Å². The van der Waals surface area contributed by atoms with Gasteiger partial charge < -0.3 is 5.32 Å². The summed E-state index contributed by atoms with van der Waals surface area (Å²) < 4.78 is 1.81. The standard InChI is InChI=1S/C27H28N4O/c1-17-11-13-20(14-12-17)15-23-18(2)29-26-24(16-28-31(26)19(23)3)27(32)30-25-10-6-8-21-7-4-5-9-22(21)25/h4-5,7,9,11-14,16,25H,6,8,10,15H2,1-3H3,(H,30,32)/t25-/m1/s1. The van der Waals surface area contributed by atoms with E-state index < -0.39 is 0 Å². The summed E-state index contributed by atoms with van der Waals surface area (Å²) in [6, 6.07) is 17.0. The van der Waals surface area contributed by atoms with Gasteiger partial charge in [-0.25, -0.2) is 9.50 Å². The highest BCUT2D eigenvalue weighted by molar-refractivity contribution is 6.00. The molecule has 4 aromatic rings. The second kappa shape index (κ2) is 8.23. The molecule has 2 heterocycles. The van der Waals surface area contributed by atoms with E-state index in [2.05, 4.69) is 66.7 Å². The molecule has 0 aliphatic heterocycles. The Bertz CT molecular complexity index is 1300. The number of aryl methyl sites for hydroxylation is 4. The van der Waals surface area contributed by atoms with Gasteiger partial charge in [0.05, 0.1) is 12.2 Å². The third-order valence-electron chi connectivity index (χ3n) is 6.63. The minimum atomic E-state index is -0.112. The summed E-state index contributed by atoms with van der Waals surface area (Å²) in [6.07, 6.45) is 5.54. The van der Waals surface area contributed by atoms with Crippen LogP contribution in [0.4, 0.5) is 0 Å². The molecule has 1 aliphatic rings. The van der Waals surface area contributed by atoms with Crippen LogP contribution in [-0.4, -0.2) is 20.5 Å². The molecule has 1 amide bonds. The Balaban J connectivity index is 1.45. The lowest BCUT2D eigenvalue weighted by atomic mass is 9.87. The topological polar surface area (TPSA) is 59.3 Å². The molecular formula is C27H28N4O. The van der Waals surface area contributed by atoms with Gasteiger partial charge >= 0.3 is 0 Å². The second-order valence-corrected chi connectivity index (χ2v) is 8.83. The first kappa shape index (κ1) is 20.4. The van der Waals surface area contributed by atoms with Gasteiger partial charge in [0.25, 0.3) is 5.91 Å². The van der Waals surface area contributed by atoms with Crippen LogP contribution in [0.3, 0.4) is 0 Å². The van der Waals surface area contributed by atoms with E-state index in [4.69, 9.17) is 4.98 Å². The highest BCUT2D eigenvalue weighted by Gasteiger charge is 2.24. The predicted octanol–water partition coefficient (Wildman–Crippen LogP) is 5.05. The van der Waals surface area contributed by atoms with Gasteiger partial charge in [0, 0.05) is 17.8 Å². The summed E-state index contributed by atoms with van der Waals surface area (Å²) in [7, 11) is 0. The van der Waals surface area contributed by atoms with Crippen LogP contribution in [0.5, 0.6) is 0 Å². The molecule has 0 saturated carbocycles. The highest BCUT2D eigenvalue weighted by atomic mass is 16.1. The van der Waals surface area contributed by atoms with Gasteiger partial charge in [0.15, 0.2) is 5.65 Å². The van der Waals surface area contributed by atoms with Crippen molar-refractivity contribution < 1.29 is 4.79 Å². The minimum Gasteiger partial charge on any atom is -0.345 e. The average Bonchev–Trinajstić information content (AvgIpc) is 3.22. The van der Waals surface area contributed by atoms with E-state index in [1.165, 1.54) is 22.3 Å². The molecule has 0 spiro atoms. The number of carbonyl (C=O) groups is 1. The first-order chi connectivity index (χ1) is 15.5. The number of nitrogens with zero attached hydrogens (tertiary/aromatic N) is 3. The summed E-state index contributed by atoms with van der Waals surface area (Å²) >= 11 is 0. The number of hydrogen-bond acceptors (Lipinski definition) is 3. The third kappa shape index (κ3) is 3.68. The molecule has 0 fully saturated rings. The monoisotopic (exact) mass is 424 g/mol. The van der Waals surface area contributed by atoms with Crippen molar-refractivity contribution in [2.24, 2.45) is 0 Å². The average molecular weight is 425 g/mol. The number of nitrogens with one attached hydrogen (secondary N) is 1. The van der Waals surface area contributed by atoms with Gasteiger partial charge in [-0.2, -0.15) is 5.10 Å². The van der Waals surface area contributed by atoms with Crippen LogP contribution in [0.2, 0.25) is 0 Å². The van der Waals surface area contributed by atoms with Gasteiger partial charge in [-0.05, 0) is 62.3 Å². The molecule has 5 nitrogen and oxygen atoms in total. The first-order valence-corrected chi connectivity index (χ1v) is 11.3. The maximum Gasteiger partial charge on any atom is 0.257 e. The Hall–Kier alpha value is -3.47. The Kier molecular flexibility index (Phi) is 5.25. The zero-order valence-corrected chi connectivity index (χ0v) is 18.9. The SMILES string of the molecule is Cc1ccc(Cc2c(C)nc3c(C(=O)N[C@@H]4CCCc5ccccc54)cnn3c2C)cc1. The Morgan fingerprint density at radius 2 is 1.88 bits per heavy atom. The molecule has 2 aromatic heterocycles. The molecule has 0 bridgehead atoms. The molecule has 1 N–H and O–H groups in total. The fraction of sp³-hybridized carbons (Fsp3) is 0.296. The van der Waals surface area contributed by atoms with Crippen LogP contribution >= 0.6 is 0 Å². The zero-order chi connectivity index (χ0) is 22.2. The molecule has 5 heteroatoms. The van der Waals surface area contributed by atoms with E-state index in [0.717, 1.165) is 42.6 Å². The number of rotatable bonds is 4. The van der Waals surface area contributed by atoms with Gasteiger partial charge in [0.1, 0.15) is 5.56 Å². The largest absolute Gasteiger partial charge is 0.345 e. The lowest BCUT2D eigenvalue weighted by Gasteiger charge is -2.26. The number of aromatic nitrogens is 3. The summed E-state index contributed by atoms with van der Waals surface area (Å²) in [5.74, 6) is -0.112. The predicted molar refractivity (Wildman–Crippen MR) is 126 cm³/mol. The van der Waals surface area contributed by atoms with Crippen molar-refractivity contribution in [3.63, 3.8) is 0 Å². The molecule has 32 heavy (non-hydrogen) atoms. The molecule has 1 aliphatic carbocycles. The van der Waals surface area contributed by atoms with E-state index in [1.807, 2.05) is 13.0 Å². The molecular weight excluding hydrogens is 396 g/mol. The smallest absolute Gasteiger partial charge is 0.257 e. The normalized spacial score (nSPS) is 15.5. The van der Waals surface area contributed by atoms with Crippen LogP contribution in [0.1, 0.15) is 68.4 Å². The van der Waals surface area contributed by atoms with Crippen molar-refractivity contribution in [2.75, 3.05) is 0 Å². The van der Waals surface area contributed by atoms with Crippen LogP contribution in [-0.2, 0) is 12.8 Å². The minimum absolute atomic E-state index is 0.0328. The van der Waals surface area contributed by atoms with Crippen molar-refractivity contribution in [3.8, 4) is 0 Å². The van der Waals surface area contributed by atoms with Crippen LogP contribution in [0.15, 0.2) is 54.7 Å². The Labute approximate surface area is 188 Å². The molecule has 0 radical (unpaired) electrons. The van der Waals surface area contributed by atoms with Crippen molar-refractivity contribution in [2.45, 2.75) is 52.5 Å². The van der Waals surface area contributed by atoms with E-state index in [0.29, 0.717) is 11.2 Å². The molecule has 2 aromatic carbocycles. The maximum absolute atomic E-state index is 13.2. The molecule has 0 saturated heterocycles. The molecule has 162 valence electrons. The van der Waals surface area contributed by atoms with Crippen molar-refractivity contribution >= 4 is 11.6 Å². The maximum atomic E-state index is 13.2. The van der Waals surface area contributed by atoms with E-state index in [1.54, 1.807) is 10.7 Å². The highest BCUT2D eigenvalue weighted by Crippen LogP contribution is 2.30. The fourth-order valence-corrected chi connectivity index (χ4v) is 4.78. The number of hydrogen-bond donors (Lipinski definition) is 1. The zero-order valence-electron chi connectivity index (χ0n) is 18.9. The van der Waals surface area contributed by atoms with Crippen molar-refractivity contribution in [1.82, 2.24) is 19.9 Å². The van der Waals surface area contributed by atoms with E-state index in [-0.39, 0.29) is 11.9 Å². The van der Waals surface area contributed by atoms with Crippen molar-refractivity contribution in [3.05, 3.63) is 99.5 Å². The quantitative estimate of drug-likeness (QED) is 0.499. The van der Waals surface area contributed by atoms with Gasteiger partial charge in [0.2, 0.25) is 0 Å². The molecule has 5 rings (SSSR count). The third-order valence-corrected chi connectivity index (χ3v) is 6.63. The fourth-order valence-electron chi connectivity index (χ4n) is 4.78. The summed E-state index contributed by atoms with van der Waals surface area (Å²) in [6.45, 7) is 6.16. The second-order valence-electron chi connectivity index (χ2n) is 8.83. The lowest BCUT2D eigenvalue weighted by Crippen LogP contribution is -2.31. The number of benzene rings is 2. The van der Waals surface area contributed by atoms with Crippen LogP contribution in [0, 0.1) is 20.8 Å². The lowest BCUT2D eigenvalue weighted by molar-refractivity contribution is 0.0934. The Morgan fingerprint density at radius 3 is 2.69 bits per heavy atom. The van der Waals surface area contributed by atoms with Crippen molar-refractivity contribution in [1.29, 1.82) is 0 Å². The van der Waals surface area contributed by atoms with Crippen LogP contribution < -0.4 is 5.32 Å². The van der Waals surface area contributed by atoms with E-state index in [9.17, 15) is 4.79 Å². The number of carbonyl (C=O) groups excluding carboxylic acids is 1. The summed E-state index contributed by atoms with van der Waals surface area (Å²) in [5.41, 5.74) is 9.30. The molecule has 0 unspecified atom stereocenters. The summed E-state index contributed by atoms with van der Waals surface area (Å²) in [4.78, 5) is 18.0. The van der Waals surface area contributed by atoms with Crippen LogP contribution in [0.25, 0.3) is 5.65 Å². The summed E-state index contributed by atoms with van der Waals surface area (Å²) in [5, 5.41) is 7.76. The number of fused-ring (bicyclic) bond motifs is 2. The number of amides is 1. The van der Waals surface area contributed by atoms with Gasteiger partial charge in [-0.15, -0.1) is 0 Å². The Morgan fingerprint density at radius 1 is 1.09 bits per heavy atom. The van der Waals surface area contributed by atoms with E-state index >= 15 is 0 Å².